The first-order valence-electron chi connectivity index (χ1n) is 6.53. The molecule has 2 rings (SSSR count). The molecule has 0 aliphatic carbocycles. The van der Waals surface area contributed by atoms with Crippen LogP contribution in [0.15, 0.2) is 42.5 Å². The maximum atomic E-state index is 12.5. The van der Waals surface area contributed by atoms with Crippen LogP contribution in [0.1, 0.15) is 40.7 Å². The van der Waals surface area contributed by atoms with E-state index in [2.05, 4.69) is 6.07 Å². The van der Waals surface area contributed by atoms with Gasteiger partial charge in [0.05, 0.1) is 5.56 Å². The number of benzene rings is 2. The van der Waals surface area contributed by atoms with Gasteiger partial charge in [-0.25, -0.2) is 0 Å². The maximum absolute atomic E-state index is 12.5. The lowest BCUT2D eigenvalue weighted by atomic mass is 9.90. The molecule has 0 bridgehead atoms. The van der Waals surface area contributed by atoms with E-state index < -0.39 is 11.7 Å². The molecule has 1 atom stereocenters. The first kappa shape index (κ1) is 14.6. The normalized spacial score (nSPS) is 13.3. The third kappa shape index (κ3) is 3.03. The summed E-state index contributed by atoms with van der Waals surface area (Å²) in [4.78, 5) is 0. The quantitative estimate of drug-likeness (QED) is 0.683. The van der Waals surface area contributed by atoms with Gasteiger partial charge >= 0.3 is 6.18 Å². The van der Waals surface area contributed by atoms with Gasteiger partial charge in [0.15, 0.2) is 0 Å². The van der Waals surface area contributed by atoms with Gasteiger partial charge in [0.25, 0.3) is 0 Å². The fraction of sp³-hybridized carbons (Fsp3) is 0.294. The van der Waals surface area contributed by atoms with E-state index in [-0.39, 0.29) is 5.92 Å². The van der Waals surface area contributed by atoms with Crippen molar-refractivity contribution in [2.24, 2.45) is 0 Å². The van der Waals surface area contributed by atoms with Crippen molar-refractivity contribution >= 4 is 0 Å². The number of alkyl halides is 3. The zero-order valence-electron chi connectivity index (χ0n) is 11.8. The lowest BCUT2D eigenvalue weighted by Gasteiger charge is -2.15. The molecule has 0 amide bonds. The highest BCUT2D eigenvalue weighted by Crippen LogP contribution is 2.31. The van der Waals surface area contributed by atoms with E-state index >= 15 is 0 Å². The predicted octanol–water partition coefficient (Wildman–Crippen LogP) is 5.47. The van der Waals surface area contributed by atoms with Crippen LogP contribution in [-0.2, 0) is 6.18 Å². The molecule has 0 nitrogen and oxygen atoms in total. The standard InChI is InChI=1S/C17H17F3/c1-11-4-5-15(10-12(11)2)13(3)14-6-8-16(9-7-14)17(18,19)20/h4-10,13H,1-3H3. The summed E-state index contributed by atoms with van der Waals surface area (Å²) in [6.45, 7) is 6.09. The number of rotatable bonds is 2. The van der Waals surface area contributed by atoms with Gasteiger partial charge in [0.2, 0.25) is 0 Å². The summed E-state index contributed by atoms with van der Waals surface area (Å²) in [5.74, 6) is 0.0802. The maximum Gasteiger partial charge on any atom is 0.416 e. The molecule has 0 saturated carbocycles. The van der Waals surface area contributed by atoms with Gasteiger partial charge in [-0.2, -0.15) is 13.2 Å². The Morgan fingerprint density at radius 3 is 1.85 bits per heavy atom. The number of hydrogen-bond acceptors (Lipinski definition) is 0. The van der Waals surface area contributed by atoms with Crippen LogP contribution in [0.3, 0.4) is 0 Å². The van der Waals surface area contributed by atoms with Crippen LogP contribution >= 0.6 is 0 Å². The van der Waals surface area contributed by atoms with Crippen molar-refractivity contribution in [1.29, 1.82) is 0 Å². The summed E-state index contributed by atoms with van der Waals surface area (Å²) in [5, 5.41) is 0. The molecular weight excluding hydrogens is 261 g/mol. The summed E-state index contributed by atoms with van der Waals surface area (Å²) in [7, 11) is 0. The van der Waals surface area contributed by atoms with Crippen LogP contribution in [0, 0.1) is 13.8 Å². The Bertz CT molecular complexity index is 595. The Morgan fingerprint density at radius 1 is 0.800 bits per heavy atom. The molecule has 0 aliphatic rings. The zero-order chi connectivity index (χ0) is 14.9. The van der Waals surface area contributed by atoms with Crippen molar-refractivity contribution in [1.82, 2.24) is 0 Å². The highest BCUT2D eigenvalue weighted by Gasteiger charge is 2.30. The summed E-state index contributed by atoms with van der Waals surface area (Å²) >= 11 is 0. The summed E-state index contributed by atoms with van der Waals surface area (Å²) in [6, 6.07) is 11.6. The molecular formula is C17H17F3. The monoisotopic (exact) mass is 278 g/mol. The Morgan fingerprint density at radius 2 is 1.35 bits per heavy atom. The minimum atomic E-state index is -4.28. The smallest absolute Gasteiger partial charge is 0.166 e. The first-order chi connectivity index (χ1) is 9.29. The van der Waals surface area contributed by atoms with Gasteiger partial charge in [-0.15, -0.1) is 0 Å². The van der Waals surface area contributed by atoms with E-state index in [9.17, 15) is 13.2 Å². The third-order valence-corrected chi connectivity index (χ3v) is 3.77. The van der Waals surface area contributed by atoms with E-state index in [0.29, 0.717) is 0 Å². The Balaban J connectivity index is 2.29. The largest absolute Gasteiger partial charge is 0.416 e. The van der Waals surface area contributed by atoms with Gasteiger partial charge in [0, 0.05) is 5.92 Å². The Kier molecular flexibility index (Phi) is 3.89. The molecule has 0 saturated heterocycles. The van der Waals surface area contributed by atoms with Crippen LogP contribution in [-0.4, -0.2) is 0 Å². The minimum absolute atomic E-state index is 0.0802. The fourth-order valence-electron chi connectivity index (χ4n) is 2.19. The van der Waals surface area contributed by atoms with Crippen LogP contribution < -0.4 is 0 Å². The molecule has 0 N–H and O–H groups in total. The van der Waals surface area contributed by atoms with Crippen molar-refractivity contribution in [2.75, 3.05) is 0 Å². The lowest BCUT2D eigenvalue weighted by Crippen LogP contribution is -2.05. The van der Waals surface area contributed by atoms with Gasteiger partial charge in [-0.1, -0.05) is 37.3 Å². The van der Waals surface area contributed by atoms with Gasteiger partial charge < -0.3 is 0 Å². The van der Waals surface area contributed by atoms with Crippen LogP contribution in [0.4, 0.5) is 13.2 Å². The molecule has 0 aliphatic heterocycles. The summed E-state index contributed by atoms with van der Waals surface area (Å²) in [5.41, 5.74) is 3.82. The van der Waals surface area contributed by atoms with Crippen LogP contribution in [0.5, 0.6) is 0 Å². The fourth-order valence-corrected chi connectivity index (χ4v) is 2.19. The lowest BCUT2D eigenvalue weighted by molar-refractivity contribution is -0.137. The molecule has 0 aromatic heterocycles. The van der Waals surface area contributed by atoms with Crippen molar-refractivity contribution < 1.29 is 13.2 Å². The highest BCUT2D eigenvalue weighted by molar-refractivity contribution is 5.38. The number of aryl methyl sites for hydroxylation is 2. The van der Waals surface area contributed by atoms with Crippen molar-refractivity contribution in [3.8, 4) is 0 Å². The molecule has 20 heavy (non-hydrogen) atoms. The van der Waals surface area contributed by atoms with Crippen molar-refractivity contribution in [2.45, 2.75) is 32.9 Å². The molecule has 0 radical (unpaired) electrons. The summed E-state index contributed by atoms with van der Waals surface area (Å²) in [6.07, 6.45) is -4.28. The van der Waals surface area contributed by atoms with Crippen LogP contribution in [0.25, 0.3) is 0 Å². The SMILES string of the molecule is Cc1ccc(C(C)c2ccc(C(F)(F)F)cc2)cc1C. The topological polar surface area (TPSA) is 0 Å². The average molecular weight is 278 g/mol. The molecule has 3 heteroatoms. The molecule has 1 unspecified atom stereocenters. The molecule has 0 fully saturated rings. The molecule has 0 spiro atoms. The third-order valence-electron chi connectivity index (χ3n) is 3.77. The van der Waals surface area contributed by atoms with E-state index in [1.165, 1.54) is 11.1 Å². The van der Waals surface area contributed by atoms with Crippen molar-refractivity contribution in [3.63, 3.8) is 0 Å². The zero-order valence-corrected chi connectivity index (χ0v) is 11.8. The van der Waals surface area contributed by atoms with Gasteiger partial charge in [-0.05, 0) is 48.2 Å². The number of halogens is 3. The molecule has 106 valence electrons. The minimum Gasteiger partial charge on any atom is -0.166 e. The second-order valence-corrected chi connectivity index (χ2v) is 5.19. The predicted molar refractivity (Wildman–Crippen MR) is 74.9 cm³/mol. The highest BCUT2D eigenvalue weighted by atomic mass is 19.4. The summed E-state index contributed by atoms with van der Waals surface area (Å²) < 4.78 is 37.6. The average Bonchev–Trinajstić information content (AvgIpc) is 2.40. The first-order valence-corrected chi connectivity index (χ1v) is 6.53. The van der Waals surface area contributed by atoms with E-state index in [4.69, 9.17) is 0 Å². The second-order valence-electron chi connectivity index (χ2n) is 5.19. The van der Waals surface area contributed by atoms with E-state index in [1.807, 2.05) is 32.9 Å². The van der Waals surface area contributed by atoms with E-state index in [1.54, 1.807) is 12.1 Å². The second kappa shape index (κ2) is 5.31. The molecule has 0 heterocycles. The number of hydrogen-bond donors (Lipinski definition) is 0. The van der Waals surface area contributed by atoms with Gasteiger partial charge in [0.1, 0.15) is 0 Å². The van der Waals surface area contributed by atoms with Gasteiger partial charge in [-0.3, -0.25) is 0 Å². The molecule has 2 aromatic rings. The van der Waals surface area contributed by atoms with Crippen molar-refractivity contribution in [3.05, 3.63) is 70.3 Å². The van der Waals surface area contributed by atoms with E-state index in [0.717, 1.165) is 23.3 Å². The molecule has 2 aromatic carbocycles. The Labute approximate surface area is 117 Å². The Hall–Kier alpha value is -1.77. The van der Waals surface area contributed by atoms with Crippen LogP contribution in [0.2, 0.25) is 0 Å².